The number of hydrogen-bond donors (Lipinski definition) is 1. The lowest BCUT2D eigenvalue weighted by Gasteiger charge is -2.12. The van der Waals surface area contributed by atoms with E-state index in [0.29, 0.717) is 6.04 Å². The molecule has 1 N–H and O–H groups in total. The first-order valence-electron chi connectivity index (χ1n) is 5.66. The van der Waals surface area contributed by atoms with Crippen molar-refractivity contribution in [2.45, 2.75) is 31.7 Å². The molecule has 1 saturated carbocycles. The second-order valence-electron chi connectivity index (χ2n) is 4.27. The number of thiophene rings is 1. The van der Waals surface area contributed by atoms with Crippen molar-refractivity contribution in [1.29, 1.82) is 0 Å². The van der Waals surface area contributed by atoms with Gasteiger partial charge in [-0.15, -0.1) is 11.3 Å². The number of benzene rings is 1. The molecule has 78 valence electrons. The fourth-order valence-corrected chi connectivity index (χ4v) is 3.28. The fourth-order valence-electron chi connectivity index (χ4n) is 2.38. The number of hydrogen-bond acceptors (Lipinski definition) is 2. The summed E-state index contributed by atoms with van der Waals surface area (Å²) < 4.78 is 1.39. The number of rotatable bonds is 2. The molecule has 1 heterocycles. The standard InChI is InChI=1S/C13H15NS/c1-2-6-10(5-1)14-12-9-15-13-8-4-3-7-11(12)13/h3-4,7-10,14H,1-2,5-6H2. The molecule has 0 atom stereocenters. The third-order valence-electron chi connectivity index (χ3n) is 3.20. The van der Waals surface area contributed by atoms with Crippen LogP contribution in [-0.2, 0) is 0 Å². The van der Waals surface area contributed by atoms with Crippen LogP contribution in [0.25, 0.3) is 10.1 Å². The third-order valence-corrected chi connectivity index (χ3v) is 4.16. The first-order chi connectivity index (χ1) is 7.43. The molecule has 2 heteroatoms. The maximum atomic E-state index is 3.67. The first-order valence-corrected chi connectivity index (χ1v) is 6.54. The highest BCUT2D eigenvalue weighted by molar-refractivity contribution is 7.17. The van der Waals surface area contributed by atoms with Gasteiger partial charge in [0.15, 0.2) is 0 Å². The summed E-state index contributed by atoms with van der Waals surface area (Å²) in [5.74, 6) is 0. The van der Waals surface area contributed by atoms with Crippen molar-refractivity contribution in [1.82, 2.24) is 0 Å². The molecule has 0 aliphatic heterocycles. The first kappa shape index (κ1) is 9.22. The van der Waals surface area contributed by atoms with Gasteiger partial charge in [0.05, 0.1) is 5.69 Å². The largest absolute Gasteiger partial charge is 0.381 e. The zero-order chi connectivity index (χ0) is 10.1. The number of anilines is 1. The van der Waals surface area contributed by atoms with Crippen LogP contribution in [-0.4, -0.2) is 6.04 Å². The lowest BCUT2D eigenvalue weighted by Crippen LogP contribution is -2.13. The summed E-state index contributed by atoms with van der Waals surface area (Å²) in [6.07, 6.45) is 5.45. The average molecular weight is 217 g/mol. The summed E-state index contributed by atoms with van der Waals surface area (Å²) in [4.78, 5) is 0. The highest BCUT2D eigenvalue weighted by Gasteiger charge is 2.15. The lowest BCUT2D eigenvalue weighted by molar-refractivity contribution is 0.757. The number of fused-ring (bicyclic) bond motifs is 1. The van der Waals surface area contributed by atoms with E-state index < -0.39 is 0 Å². The molecule has 1 aromatic carbocycles. The smallest absolute Gasteiger partial charge is 0.0531 e. The normalized spacial score (nSPS) is 17.3. The molecule has 1 aromatic heterocycles. The van der Waals surface area contributed by atoms with Gasteiger partial charge >= 0.3 is 0 Å². The van der Waals surface area contributed by atoms with E-state index in [9.17, 15) is 0 Å². The van der Waals surface area contributed by atoms with Crippen LogP contribution in [0.3, 0.4) is 0 Å². The Hall–Kier alpha value is -1.02. The quantitative estimate of drug-likeness (QED) is 0.792. The van der Waals surface area contributed by atoms with Gasteiger partial charge in [-0.3, -0.25) is 0 Å². The van der Waals surface area contributed by atoms with Crippen LogP contribution in [0.1, 0.15) is 25.7 Å². The minimum absolute atomic E-state index is 0.711. The highest BCUT2D eigenvalue weighted by Crippen LogP contribution is 2.32. The second-order valence-corrected chi connectivity index (χ2v) is 5.18. The fraction of sp³-hybridized carbons (Fsp3) is 0.385. The van der Waals surface area contributed by atoms with Crippen LogP contribution in [0.4, 0.5) is 5.69 Å². The Balaban J connectivity index is 1.90. The molecular weight excluding hydrogens is 202 g/mol. The SMILES string of the molecule is c1ccc2c(NC3CCCC3)csc2c1. The Morgan fingerprint density at radius 3 is 2.80 bits per heavy atom. The van der Waals surface area contributed by atoms with Crippen LogP contribution in [0.5, 0.6) is 0 Å². The maximum Gasteiger partial charge on any atom is 0.0531 e. The summed E-state index contributed by atoms with van der Waals surface area (Å²) in [5, 5.41) is 7.31. The monoisotopic (exact) mass is 217 g/mol. The van der Waals surface area contributed by atoms with Crippen molar-refractivity contribution in [3.8, 4) is 0 Å². The Morgan fingerprint density at radius 1 is 1.13 bits per heavy atom. The van der Waals surface area contributed by atoms with Gasteiger partial charge in [0.1, 0.15) is 0 Å². The average Bonchev–Trinajstić information content (AvgIpc) is 2.89. The Morgan fingerprint density at radius 2 is 1.93 bits per heavy atom. The second kappa shape index (κ2) is 3.86. The highest BCUT2D eigenvalue weighted by atomic mass is 32.1. The van der Waals surface area contributed by atoms with E-state index in [-0.39, 0.29) is 0 Å². The minimum Gasteiger partial charge on any atom is -0.381 e. The van der Waals surface area contributed by atoms with E-state index in [1.807, 2.05) is 11.3 Å². The molecule has 1 aliphatic rings. The molecule has 0 radical (unpaired) electrons. The van der Waals surface area contributed by atoms with Gasteiger partial charge in [0, 0.05) is 21.5 Å². The Bertz CT molecular complexity index is 454. The van der Waals surface area contributed by atoms with Gasteiger partial charge in [-0.1, -0.05) is 31.0 Å². The molecular formula is C13H15NS. The zero-order valence-electron chi connectivity index (χ0n) is 8.70. The summed E-state index contributed by atoms with van der Waals surface area (Å²) in [7, 11) is 0. The van der Waals surface area contributed by atoms with E-state index in [2.05, 4.69) is 35.0 Å². The van der Waals surface area contributed by atoms with Gasteiger partial charge in [-0.2, -0.15) is 0 Å². The Kier molecular flexibility index (Phi) is 2.37. The van der Waals surface area contributed by atoms with Crippen molar-refractivity contribution >= 4 is 27.1 Å². The maximum absolute atomic E-state index is 3.67. The summed E-state index contributed by atoms with van der Waals surface area (Å²) in [6.45, 7) is 0. The van der Waals surface area contributed by atoms with Gasteiger partial charge < -0.3 is 5.32 Å². The predicted octanol–water partition coefficient (Wildman–Crippen LogP) is 4.26. The molecule has 0 saturated heterocycles. The molecule has 0 spiro atoms. The van der Waals surface area contributed by atoms with Gasteiger partial charge in [-0.25, -0.2) is 0 Å². The predicted molar refractivity (Wildman–Crippen MR) is 67.7 cm³/mol. The number of nitrogens with one attached hydrogen (secondary N) is 1. The molecule has 2 aromatic rings. The molecule has 15 heavy (non-hydrogen) atoms. The zero-order valence-corrected chi connectivity index (χ0v) is 9.52. The van der Waals surface area contributed by atoms with Gasteiger partial charge in [-0.05, 0) is 18.9 Å². The van der Waals surface area contributed by atoms with Crippen LogP contribution in [0.2, 0.25) is 0 Å². The van der Waals surface area contributed by atoms with E-state index in [1.165, 1.54) is 41.5 Å². The van der Waals surface area contributed by atoms with Crippen molar-refractivity contribution in [3.05, 3.63) is 29.6 Å². The summed E-state index contributed by atoms with van der Waals surface area (Å²) >= 11 is 1.83. The van der Waals surface area contributed by atoms with Crippen molar-refractivity contribution in [2.24, 2.45) is 0 Å². The Labute approximate surface area is 94.1 Å². The summed E-state index contributed by atoms with van der Waals surface area (Å²) in [5.41, 5.74) is 1.34. The van der Waals surface area contributed by atoms with Crippen molar-refractivity contribution < 1.29 is 0 Å². The van der Waals surface area contributed by atoms with Crippen molar-refractivity contribution in [2.75, 3.05) is 5.32 Å². The van der Waals surface area contributed by atoms with Crippen LogP contribution >= 0.6 is 11.3 Å². The molecule has 1 aliphatic carbocycles. The van der Waals surface area contributed by atoms with Crippen molar-refractivity contribution in [3.63, 3.8) is 0 Å². The van der Waals surface area contributed by atoms with E-state index >= 15 is 0 Å². The molecule has 1 fully saturated rings. The van der Waals surface area contributed by atoms with Gasteiger partial charge in [0.25, 0.3) is 0 Å². The van der Waals surface area contributed by atoms with E-state index in [0.717, 1.165) is 0 Å². The van der Waals surface area contributed by atoms with Gasteiger partial charge in [0.2, 0.25) is 0 Å². The molecule has 0 unspecified atom stereocenters. The topological polar surface area (TPSA) is 12.0 Å². The van der Waals surface area contributed by atoms with Crippen LogP contribution in [0.15, 0.2) is 29.6 Å². The summed E-state index contributed by atoms with van der Waals surface area (Å²) in [6, 6.07) is 9.35. The van der Waals surface area contributed by atoms with E-state index in [4.69, 9.17) is 0 Å². The molecule has 0 bridgehead atoms. The molecule has 3 rings (SSSR count). The molecule has 0 amide bonds. The van der Waals surface area contributed by atoms with Crippen LogP contribution in [0, 0.1) is 0 Å². The lowest BCUT2D eigenvalue weighted by atomic mass is 10.2. The third kappa shape index (κ3) is 1.74. The minimum atomic E-state index is 0.711. The van der Waals surface area contributed by atoms with E-state index in [1.54, 1.807) is 0 Å². The van der Waals surface area contributed by atoms with Crippen LogP contribution < -0.4 is 5.32 Å². The molecule has 1 nitrogen and oxygen atoms in total.